The van der Waals surface area contributed by atoms with Crippen molar-refractivity contribution in [2.45, 2.75) is 6.42 Å². The van der Waals surface area contributed by atoms with Gasteiger partial charge in [0.1, 0.15) is 13.1 Å². The third kappa shape index (κ3) is 4.09. The Balaban J connectivity index is 1.62. The highest BCUT2D eigenvalue weighted by Gasteiger charge is 2.13. The first kappa shape index (κ1) is 13.0. The number of morpholine rings is 1. The molecule has 1 fully saturated rings. The highest BCUT2D eigenvalue weighted by atomic mass is 16.5. The molecular formula is C13H20N3O2+. The summed E-state index contributed by atoms with van der Waals surface area (Å²) >= 11 is 0. The van der Waals surface area contributed by atoms with E-state index in [1.54, 1.807) is 29.4 Å². The van der Waals surface area contributed by atoms with E-state index in [-0.39, 0.29) is 5.91 Å². The van der Waals surface area contributed by atoms with Crippen LogP contribution in [-0.4, -0.2) is 50.3 Å². The summed E-state index contributed by atoms with van der Waals surface area (Å²) < 4.78 is 5.31. The number of hydrogen-bond acceptors (Lipinski definition) is 3. The molecule has 2 heterocycles. The normalized spacial score (nSPS) is 16.4. The summed E-state index contributed by atoms with van der Waals surface area (Å²) in [5.74, 6) is -0.0191. The van der Waals surface area contributed by atoms with Gasteiger partial charge in [-0.15, -0.1) is 0 Å². The Morgan fingerprint density at radius 3 is 2.78 bits per heavy atom. The molecule has 1 amide bonds. The average Bonchev–Trinajstić information content (AvgIpc) is 2.45. The Morgan fingerprint density at radius 2 is 2.06 bits per heavy atom. The SMILES string of the molecule is O=C(NCCC[NH+]1CCOCC1)c1ccncc1. The number of carbonyl (C=O) groups is 1. The van der Waals surface area contributed by atoms with Gasteiger partial charge in [-0.3, -0.25) is 9.78 Å². The molecule has 0 aliphatic carbocycles. The predicted octanol–water partition coefficient (Wildman–Crippen LogP) is -0.883. The van der Waals surface area contributed by atoms with Crippen LogP contribution >= 0.6 is 0 Å². The smallest absolute Gasteiger partial charge is 0.251 e. The molecule has 2 rings (SSSR count). The minimum atomic E-state index is -0.0191. The van der Waals surface area contributed by atoms with Gasteiger partial charge >= 0.3 is 0 Å². The zero-order valence-electron chi connectivity index (χ0n) is 10.5. The molecule has 1 aromatic heterocycles. The summed E-state index contributed by atoms with van der Waals surface area (Å²) in [6.07, 6.45) is 4.27. The van der Waals surface area contributed by atoms with Crippen molar-refractivity contribution in [1.29, 1.82) is 0 Å². The molecule has 0 spiro atoms. The monoisotopic (exact) mass is 250 g/mol. The third-order valence-corrected chi connectivity index (χ3v) is 3.14. The number of nitrogens with one attached hydrogen (secondary N) is 2. The average molecular weight is 250 g/mol. The van der Waals surface area contributed by atoms with Crippen LogP contribution in [0.5, 0.6) is 0 Å². The van der Waals surface area contributed by atoms with Crippen LogP contribution in [0.15, 0.2) is 24.5 Å². The van der Waals surface area contributed by atoms with E-state index >= 15 is 0 Å². The number of pyridine rings is 1. The van der Waals surface area contributed by atoms with E-state index in [1.807, 2.05) is 0 Å². The van der Waals surface area contributed by atoms with Gasteiger partial charge in [-0.1, -0.05) is 0 Å². The number of nitrogens with zero attached hydrogens (tertiary/aromatic N) is 1. The second-order valence-corrected chi connectivity index (χ2v) is 4.46. The Bertz CT molecular complexity index is 364. The van der Waals surface area contributed by atoms with Crippen molar-refractivity contribution in [2.75, 3.05) is 39.4 Å². The van der Waals surface area contributed by atoms with Crippen LogP contribution in [0.1, 0.15) is 16.8 Å². The van der Waals surface area contributed by atoms with E-state index in [9.17, 15) is 4.79 Å². The van der Waals surface area contributed by atoms with Crippen molar-refractivity contribution in [1.82, 2.24) is 10.3 Å². The van der Waals surface area contributed by atoms with Crippen LogP contribution in [0.25, 0.3) is 0 Å². The maximum atomic E-state index is 11.7. The van der Waals surface area contributed by atoms with Crippen LogP contribution < -0.4 is 10.2 Å². The third-order valence-electron chi connectivity index (χ3n) is 3.14. The van der Waals surface area contributed by atoms with E-state index in [2.05, 4.69) is 10.3 Å². The summed E-state index contributed by atoms with van der Waals surface area (Å²) in [6, 6.07) is 3.45. The molecule has 0 saturated carbocycles. The van der Waals surface area contributed by atoms with Gasteiger partial charge in [0, 0.05) is 30.9 Å². The lowest BCUT2D eigenvalue weighted by Crippen LogP contribution is -3.14. The number of amides is 1. The number of rotatable bonds is 5. The van der Waals surface area contributed by atoms with Gasteiger partial charge in [0.05, 0.1) is 19.8 Å². The second-order valence-electron chi connectivity index (χ2n) is 4.46. The number of quaternary nitrogens is 1. The molecule has 0 aromatic carbocycles. The largest absolute Gasteiger partial charge is 0.370 e. The molecule has 5 heteroatoms. The molecule has 98 valence electrons. The van der Waals surface area contributed by atoms with Crippen molar-refractivity contribution < 1.29 is 14.4 Å². The molecule has 1 aliphatic heterocycles. The van der Waals surface area contributed by atoms with Gasteiger partial charge in [0.2, 0.25) is 0 Å². The Labute approximate surface area is 107 Å². The van der Waals surface area contributed by atoms with Crippen molar-refractivity contribution in [3.63, 3.8) is 0 Å². The summed E-state index contributed by atoms with van der Waals surface area (Å²) in [5.41, 5.74) is 0.670. The quantitative estimate of drug-likeness (QED) is 0.667. The molecule has 0 atom stereocenters. The molecule has 0 radical (unpaired) electrons. The van der Waals surface area contributed by atoms with Gasteiger partial charge in [-0.05, 0) is 12.1 Å². The molecule has 1 aromatic rings. The number of ether oxygens (including phenoxy) is 1. The molecule has 1 saturated heterocycles. The molecule has 1 aliphatic rings. The van der Waals surface area contributed by atoms with Crippen LogP contribution in [0.4, 0.5) is 0 Å². The van der Waals surface area contributed by atoms with Crippen LogP contribution in [-0.2, 0) is 4.74 Å². The lowest BCUT2D eigenvalue weighted by Gasteiger charge is -2.23. The predicted molar refractivity (Wildman–Crippen MR) is 67.6 cm³/mol. The fourth-order valence-corrected chi connectivity index (χ4v) is 2.06. The van der Waals surface area contributed by atoms with Crippen LogP contribution in [0.3, 0.4) is 0 Å². The number of hydrogen-bond donors (Lipinski definition) is 2. The number of carbonyl (C=O) groups excluding carboxylic acids is 1. The van der Waals surface area contributed by atoms with Crippen molar-refractivity contribution in [3.05, 3.63) is 30.1 Å². The topological polar surface area (TPSA) is 55.7 Å². The van der Waals surface area contributed by atoms with Crippen molar-refractivity contribution in [3.8, 4) is 0 Å². The van der Waals surface area contributed by atoms with E-state index in [4.69, 9.17) is 4.74 Å². The van der Waals surface area contributed by atoms with Gasteiger partial charge < -0.3 is 15.0 Å². The van der Waals surface area contributed by atoms with E-state index < -0.39 is 0 Å². The van der Waals surface area contributed by atoms with Crippen LogP contribution in [0.2, 0.25) is 0 Å². The molecule has 5 nitrogen and oxygen atoms in total. The maximum Gasteiger partial charge on any atom is 0.251 e. The van der Waals surface area contributed by atoms with Gasteiger partial charge in [0.25, 0.3) is 5.91 Å². The van der Waals surface area contributed by atoms with Crippen LogP contribution in [0, 0.1) is 0 Å². The minimum absolute atomic E-state index is 0.0191. The van der Waals surface area contributed by atoms with Gasteiger partial charge in [0.15, 0.2) is 0 Å². The first-order valence-corrected chi connectivity index (χ1v) is 6.46. The standard InChI is InChI=1S/C13H19N3O2/c17-13(12-2-5-14-6-3-12)15-4-1-7-16-8-10-18-11-9-16/h2-3,5-6H,1,4,7-11H2,(H,15,17)/p+1. The summed E-state index contributed by atoms with van der Waals surface area (Å²) in [7, 11) is 0. The Kier molecular flexibility index (Phi) is 5.11. The second kappa shape index (κ2) is 7.08. The molecule has 2 N–H and O–H groups in total. The molecular weight excluding hydrogens is 230 g/mol. The van der Waals surface area contributed by atoms with Crippen molar-refractivity contribution in [2.24, 2.45) is 0 Å². The summed E-state index contributed by atoms with van der Waals surface area (Å²) in [4.78, 5) is 17.2. The van der Waals surface area contributed by atoms with E-state index in [0.717, 1.165) is 45.8 Å². The fraction of sp³-hybridized carbons (Fsp3) is 0.538. The van der Waals surface area contributed by atoms with Gasteiger partial charge in [-0.2, -0.15) is 0 Å². The fourth-order valence-electron chi connectivity index (χ4n) is 2.06. The highest BCUT2D eigenvalue weighted by Crippen LogP contribution is 1.95. The van der Waals surface area contributed by atoms with E-state index in [1.165, 1.54) is 0 Å². The minimum Gasteiger partial charge on any atom is -0.370 e. The molecule has 0 unspecified atom stereocenters. The van der Waals surface area contributed by atoms with Crippen molar-refractivity contribution >= 4 is 5.91 Å². The zero-order valence-corrected chi connectivity index (χ0v) is 10.5. The van der Waals surface area contributed by atoms with Gasteiger partial charge in [-0.25, -0.2) is 0 Å². The Morgan fingerprint density at radius 1 is 1.33 bits per heavy atom. The summed E-state index contributed by atoms with van der Waals surface area (Å²) in [6.45, 7) is 5.71. The Hall–Kier alpha value is -1.46. The molecule has 0 bridgehead atoms. The molecule has 18 heavy (non-hydrogen) atoms. The first-order chi connectivity index (χ1) is 8.86. The maximum absolute atomic E-state index is 11.7. The summed E-state index contributed by atoms with van der Waals surface area (Å²) in [5, 5.41) is 2.93. The first-order valence-electron chi connectivity index (χ1n) is 6.46. The number of aromatic nitrogens is 1. The van der Waals surface area contributed by atoms with E-state index in [0.29, 0.717) is 5.56 Å². The lowest BCUT2D eigenvalue weighted by molar-refractivity contribution is -0.908. The highest BCUT2D eigenvalue weighted by molar-refractivity contribution is 5.93. The lowest BCUT2D eigenvalue weighted by atomic mass is 10.2. The zero-order chi connectivity index (χ0) is 12.6.